The predicted molar refractivity (Wildman–Crippen MR) is 75.1 cm³/mol. The van der Waals surface area contributed by atoms with Crippen molar-refractivity contribution in [3.8, 4) is 0 Å². The monoisotopic (exact) mass is 293 g/mol. The number of hydrogen-bond donors (Lipinski definition) is 2. The summed E-state index contributed by atoms with van der Waals surface area (Å²) < 4.78 is 13.3. The summed E-state index contributed by atoms with van der Waals surface area (Å²) in [6, 6.07) is 12.1. The van der Waals surface area contributed by atoms with E-state index in [-0.39, 0.29) is 5.02 Å². The molecule has 0 spiro atoms. The maximum Gasteiger partial charge on any atom is 0.325 e. The normalized spacial score (nSPS) is 12.1. The first-order valence-electron chi connectivity index (χ1n) is 6.02. The SMILES string of the molecule is O=C(O)C(NCc1ccccc1)c1cc(F)cc(Cl)c1. The van der Waals surface area contributed by atoms with Gasteiger partial charge in [-0.1, -0.05) is 41.9 Å². The fourth-order valence-corrected chi connectivity index (χ4v) is 2.14. The van der Waals surface area contributed by atoms with Gasteiger partial charge < -0.3 is 5.11 Å². The molecule has 1 atom stereocenters. The number of halogens is 2. The van der Waals surface area contributed by atoms with Gasteiger partial charge in [-0.2, -0.15) is 0 Å². The minimum Gasteiger partial charge on any atom is -0.480 e. The average molecular weight is 294 g/mol. The van der Waals surface area contributed by atoms with Gasteiger partial charge in [0, 0.05) is 11.6 Å². The van der Waals surface area contributed by atoms with E-state index in [1.807, 2.05) is 30.3 Å². The van der Waals surface area contributed by atoms with Crippen LogP contribution in [0.25, 0.3) is 0 Å². The maximum atomic E-state index is 13.3. The Morgan fingerprint density at radius 3 is 2.55 bits per heavy atom. The summed E-state index contributed by atoms with van der Waals surface area (Å²) in [7, 11) is 0. The number of carboxylic acid groups (broad SMARTS) is 1. The highest BCUT2D eigenvalue weighted by Crippen LogP contribution is 2.20. The zero-order valence-corrected chi connectivity index (χ0v) is 11.3. The number of carboxylic acids is 1. The summed E-state index contributed by atoms with van der Waals surface area (Å²) in [5.74, 6) is -1.64. The third-order valence-corrected chi connectivity index (χ3v) is 3.04. The van der Waals surface area contributed by atoms with Crippen molar-refractivity contribution in [2.24, 2.45) is 0 Å². The van der Waals surface area contributed by atoms with Gasteiger partial charge in [-0.3, -0.25) is 10.1 Å². The van der Waals surface area contributed by atoms with E-state index < -0.39 is 17.8 Å². The Kier molecular flexibility index (Phi) is 4.71. The van der Waals surface area contributed by atoms with Gasteiger partial charge in [-0.25, -0.2) is 4.39 Å². The van der Waals surface area contributed by atoms with Gasteiger partial charge in [0.05, 0.1) is 0 Å². The molecule has 104 valence electrons. The molecule has 2 aromatic carbocycles. The summed E-state index contributed by atoms with van der Waals surface area (Å²) >= 11 is 5.76. The maximum absolute atomic E-state index is 13.3. The Labute approximate surface area is 121 Å². The summed E-state index contributed by atoms with van der Waals surface area (Å²) in [6.07, 6.45) is 0. The van der Waals surface area contributed by atoms with Crippen LogP contribution in [-0.2, 0) is 11.3 Å². The van der Waals surface area contributed by atoms with Crippen LogP contribution in [0.15, 0.2) is 48.5 Å². The van der Waals surface area contributed by atoms with E-state index in [4.69, 9.17) is 11.6 Å². The first kappa shape index (κ1) is 14.5. The van der Waals surface area contributed by atoms with Crippen LogP contribution < -0.4 is 5.32 Å². The summed E-state index contributed by atoms with van der Waals surface area (Å²) in [5, 5.41) is 12.3. The Balaban J connectivity index is 2.17. The Morgan fingerprint density at radius 2 is 1.95 bits per heavy atom. The van der Waals surface area contributed by atoms with Crippen LogP contribution in [0, 0.1) is 5.82 Å². The quantitative estimate of drug-likeness (QED) is 0.888. The van der Waals surface area contributed by atoms with Gasteiger partial charge >= 0.3 is 5.97 Å². The molecule has 0 aromatic heterocycles. The number of nitrogens with one attached hydrogen (secondary N) is 1. The molecule has 20 heavy (non-hydrogen) atoms. The second-order valence-electron chi connectivity index (χ2n) is 4.34. The van der Waals surface area contributed by atoms with Crippen molar-refractivity contribution in [3.63, 3.8) is 0 Å². The lowest BCUT2D eigenvalue weighted by atomic mass is 10.1. The van der Waals surface area contributed by atoms with E-state index >= 15 is 0 Å². The van der Waals surface area contributed by atoms with Crippen LogP contribution in [0.5, 0.6) is 0 Å². The third-order valence-electron chi connectivity index (χ3n) is 2.82. The van der Waals surface area contributed by atoms with Crippen LogP contribution in [0.1, 0.15) is 17.2 Å². The highest BCUT2D eigenvalue weighted by molar-refractivity contribution is 6.30. The van der Waals surface area contributed by atoms with E-state index in [9.17, 15) is 14.3 Å². The molecule has 0 radical (unpaired) electrons. The Bertz CT molecular complexity index is 584. The molecule has 0 aliphatic heterocycles. The number of aliphatic carboxylic acids is 1. The molecule has 0 amide bonds. The highest BCUT2D eigenvalue weighted by atomic mass is 35.5. The van der Waals surface area contributed by atoms with Crippen LogP contribution in [0.4, 0.5) is 4.39 Å². The van der Waals surface area contributed by atoms with Gasteiger partial charge in [-0.05, 0) is 29.3 Å². The molecular formula is C15H13ClFNO2. The lowest BCUT2D eigenvalue weighted by Gasteiger charge is -2.15. The molecule has 2 aromatic rings. The lowest BCUT2D eigenvalue weighted by molar-refractivity contribution is -0.139. The van der Waals surface area contributed by atoms with E-state index in [2.05, 4.69) is 5.32 Å². The molecule has 2 N–H and O–H groups in total. The number of hydrogen-bond acceptors (Lipinski definition) is 2. The van der Waals surface area contributed by atoms with Crippen molar-refractivity contribution in [1.29, 1.82) is 0 Å². The molecular weight excluding hydrogens is 281 g/mol. The van der Waals surface area contributed by atoms with Crippen molar-refractivity contribution in [2.45, 2.75) is 12.6 Å². The van der Waals surface area contributed by atoms with Gasteiger partial charge in [0.2, 0.25) is 0 Å². The van der Waals surface area contributed by atoms with Gasteiger partial charge in [-0.15, -0.1) is 0 Å². The summed E-state index contributed by atoms with van der Waals surface area (Å²) in [6.45, 7) is 0.367. The van der Waals surface area contributed by atoms with Crippen molar-refractivity contribution in [3.05, 3.63) is 70.5 Å². The molecule has 2 rings (SSSR count). The van der Waals surface area contributed by atoms with Gasteiger partial charge in [0.15, 0.2) is 0 Å². The fourth-order valence-electron chi connectivity index (χ4n) is 1.91. The van der Waals surface area contributed by atoms with Crippen LogP contribution in [-0.4, -0.2) is 11.1 Å². The number of rotatable bonds is 5. The van der Waals surface area contributed by atoms with E-state index in [0.717, 1.165) is 11.6 Å². The molecule has 0 bridgehead atoms. The van der Waals surface area contributed by atoms with E-state index in [1.165, 1.54) is 12.1 Å². The number of benzene rings is 2. The summed E-state index contributed by atoms with van der Waals surface area (Å²) in [5.41, 5.74) is 1.24. The minimum atomic E-state index is -1.08. The second-order valence-corrected chi connectivity index (χ2v) is 4.78. The molecule has 0 saturated carbocycles. The topological polar surface area (TPSA) is 49.3 Å². The van der Waals surface area contributed by atoms with Crippen molar-refractivity contribution in [2.75, 3.05) is 0 Å². The van der Waals surface area contributed by atoms with Gasteiger partial charge in [0.1, 0.15) is 11.9 Å². The smallest absolute Gasteiger partial charge is 0.325 e. The molecule has 3 nitrogen and oxygen atoms in total. The molecule has 0 fully saturated rings. The second kappa shape index (κ2) is 6.50. The summed E-state index contributed by atoms with van der Waals surface area (Å²) in [4.78, 5) is 11.3. The van der Waals surface area contributed by atoms with Crippen LogP contribution in [0.3, 0.4) is 0 Å². The zero-order chi connectivity index (χ0) is 14.5. The molecule has 0 heterocycles. The van der Waals surface area contributed by atoms with Crippen molar-refractivity contribution >= 4 is 17.6 Å². The molecule has 1 unspecified atom stereocenters. The molecule has 0 aliphatic carbocycles. The molecule has 5 heteroatoms. The Morgan fingerprint density at radius 1 is 1.25 bits per heavy atom. The van der Waals surface area contributed by atoms with Gasteiger partial charge in [0.25, 0.3) is 0 Å². The standard InChI is InChI=1S/C15H13ClFNO2/c16-12-6-11(7-13(17)8-12)14(15(19)20)18-9-10-4-2-1-3-5-10/h1-8,14,18H,9H2,(H,19,20). The largest absolute Gasteiger partial charge is 0.480 e. The Hall–Kier alpha value is -1.91. The number of carbonyl (C=O) groups is 1. The zero-order valence-electron chi connectivity index (χ0n) is 10.5. The van der Waals surface area contributed by atoms with Crippen LogP contribution >= 0.6 is 11.6 Å². The average Bonchev–Trinajstić information content (AvgIpc) is 2.38. The lowest BCUT2D eigenvalue weighted by Crippen LogP contribution is -2.28. The van der Waals surface area contributed by atoms with E-state index in [0.29, 0.717) is 12.1 Å². The molecule has 0 saturated heterocycles. The minimum absolute atomic E-state index is 0.174. The first-order chi connectivity index (χ1) is 9.56. The first-order valence-corrected chi connectivity index (χ1v) is 6.40. The van der Waals surface area contributed by atoms with Crippen LogP contribution in [0.2, 0.25) is 5.02 Å². The fraction of sp³-hybridized carbons (Fsp3) is 0.133. The van der Waals surface area contributed by atoms with Crippen molar-refractivity contribution < 1.29 is 14.3 Å². The third kappa shape index (κ3) is 3.79. The predicted octanol–water partition coefficient (Wildman–Crippen LogP) is 3.39. The molecule has 0 aliphatic rings. The highest BCUT2D eigenvalue weighted by Gasteiger charge is 2.20. The van der Waals surface area contributed by atoms with E-state index in [1.54, 1.807) is 0 Å². The van der Waals surface area contributed by atoms with Crippen molar-refractivity contribution in [1.82, 2.24) is 5.32 Å².